The molecule has 0 bridgehead atoms. The number of hydrogen-bond donors (Lipinski definition) is 0. The molecule has 0 aliphatic heterocycles. The molecule has 0 aliphatic carbocycles. The summed E-state index contributed by atoms with van der Waals surface area (Å²) in [6, 6.07) is 34.6. The second-order valence-electron chi connectivity index (χ2n) is 6.72. The molecule has 0 heteroatoms. The van der Waals surface area contributed by atoms with Crippen molar-refractivity contribution in [1.29, 1.82) is 0 Å². The largest absolute Gasteiger partial charge is 0.0622 e. The van der Waals surface area contributed by atoms with E-state index in [-0.39, 0.29) is 0 Å². The van der Waals surface area contributed by atoms with E-state index >= 15 is 0 Å². The topological polar surface area (TPSA) is 0 Å². The molecular formula is C26H22. The molecule has 0 N–H and O–H groups in total. The maximum Gasteiger partial charge on any atom is -0.00732 e. The lowest BCUT2D eigenvalue weighted by molar-refractivity contribution is 1.40. The molecule has 0 aromatic heterocycles. The van der Waals surface area contributed by atoms with Gasteiger partial charge in [0.1, 0.15) is 0 Å². The lowest BCUT2D eigenvalue weighted by Crippen LogP contribution is -1.93. The van der Waals surface area contributed by atoms with E-state index in [1.54, 1.807) is 0 Å². The summed E-state index contributed by atoms with van der Waals surface area (Å²) in [7, 11) is 0. The van der Waals surface area contributed by atoms with Gasteiger partial charge >= 0.3 is 0 Å². The highest BCUT2D eigenvalue weighted by Crippen LogP contribution is 2.40. The van der Waals surface area contributed by atoms with Gasteiger partial charge in [-0.15, -0.1) is 0 Å². The van der Waals surface area contributed by atoms with Gasteiger partial charge in [0.05, 0.1) is 0 Å². The first-order valence-corrected chi connectivity index (χ1v) is 9.06. The normalized spacial score (nSPS) is 10.7. The Bertz CT molecular complexity index is 1040. The molecule has 0 aliphatic rings. The summed E-state index contributed by atoms with van der Waals surface area (Å²) in [5.41, 5.74) is 10.3. The van der Waals surface area contributed by atoms with Crippen LogP contribution in [-0.2, 0) is 0 Å². The van der Waals surface area contributed by atoms with E-state index in [0.29, 0.717) is 0 Å². The molecule has 0 spiro atoms. The summed E-state index contributed by atoms with van der Waals surface area (Å²) in [5.74, 6) is 0. The minimum absolute atomic E-state index is 1.25. The molecule has 0 fully saturated rings. The van der Waals surface area contributed by atoms with E-state index in [1.165, 1.54) is 44.5 Å². The molecule has 4 aromatic rings. The molecule has 0 amide bonds. The van der Waals surface area contributed by atoms with Crippen molar-refractivity contribution >= 4 is 0 Å². The van der Waals surface area contributed by atoms with Gasteiger partial charge in [0, 0.05) is 0 Å². The van der Waals surface area contributed by atoms with Crippen LogP contribution in [0.3, 0.4) is 0 Å². The van der Waals surface area contributed by atoms with E-state index in [4.69, 9.17) is 0 Å². The number of aryl methyl sites for hydroxylation is 2. The van der Waals surface area contributed by atoms with Crippen molar-refractivity contribution in [2.45, 2.75) is 13.8 Å². The fraction of sp³-hybridized carbons (Fsp3) is 0.0769. The van der Waals surface area contributed by atoms with Gasteiger partial charge in [0.2, 0.25) is 0 Å². The van der Waals surface area contributed by atoms with Crippen LogP contribution in [0.2, 0.25) is 0 Å². The molecular weight excluding hydrogens is 312 g/mol. The SMILES string of the molecule is Cc1ccccc1-c1c(C)cccc1-c1ccccc1-c1ccccc1. The van der Waals surface area contributed by atoms with Gasteiger partial charge < -0.3 is 0 Å². The monoisotopic (exact) mass is 334 g/mol. The Morgan fingerprint density at radius 3 is 1.65 bits per heavy atom. The predicted molar refractivity (Wildman–Crippen MR) is 112 cm³/mol. The molecule has 126 valence electrons. The maximum absolute atomic E-state index is 2.25. The molecule has 0 radical (unpaired) electrons. The second kappa shape index (κ2) is 7.01. The maximum atomic E-state index is 2.25. The predicted octanol–water partition coefficient (Wildman–Crippen LogP) is 7.30. The lowest BCUT2D eigenvalue weighted by atomic mass is 9.86. The van der Waals surface area contributed by atoms with Crippen LogP contribution in [0, 0.1) is 13.8 Å². The molecule has 0 atom stereocenters. The van der Waals surface area contributed by atoms with Gasteiger partial charge in [-0.25, -0.2) is 0 Å². The molecule has 4 rings (SSSR count). The number of hydrogen-bond acceptors (Lipinski definition) is 0. The first-order valence-electron chi connectivity index (χ1n) is 9.06. The van der Waals surface area contributed by atoms with Crippen LogP contribution in [0.5, 0.6) is 0 Å². The van der Waals surface area contributed by atoms with Crippen LogP contribution in [0.25, 0.3) is 33.4 Å². The van der Waals surface area contributed by atoms with E-state index < -0.39 is 0 Å². The van der Waals surface area contributed by atoms with Crippen molar-refractivity contribution < 1.29 is 0 Å². The zero-order valence-electron chi connectivity index (χ0n) is 15.2. The Kier molecular flexibility index (Phi) is 4.41. The van der Waals surface area contributed by atoms with Crippen LogP contribution in [0.1, 0.15) is 11.1 Å². The Labute approximate surface area is 155 Å². The van der Waals surface area contributed by atoms with Crippen molar-refractivity contribution in [1.82, 2.24) is 0 Å². The molecule has 26 heavy (non-hydrogen) atoms. The number of rotatable bonds is 3. The molecule has 0 heterocycles. The zero-order chi connectivity index (χ0) is 17.9. The van der Waals surface area contributed by atoms with Crippen LogP contribution < -0.4 is 0 Å². The molecule has 0 saturated heterocycles. The van der Waals surface area contributed by atoms with Gasteiger partial charge in [0.25, 0.3) is 0 Å². The van der Waals surface area contributed by atoms with Crippen molar-refractivity contribution in [3.63, 3.8) is 0 Å². The summed E-state index contributed by atoms with van der Waals surface area (Å²) >= 11 is 0. The first kappa shape index (κ1) is 16.4. The Morgan fingerprint density at radius 2 is 0.923 bits per heavy atom. The van der Waals surface area contributed by atoms with Crippen molar-refractivity contribution in [3.8, 4) is 33.4 Å². The van der Waals surface area contributed by atoms with E-state index in [9.17, 15) is 0 Å². The highest BCUT2D eigenvalue weighted by molar-refractivity contribution is 5.93. The van der Waals surface area contributed by atoms with Gasteiger partial charge in [-0.2, -0.15) is 0 Å². The second-order valence-corrected chi connectivity index (χ2v) is 6.72. The summed E-state index contributed by atoms with van der Waals surface area (Å²) in [5, 5.41) is 0. The summed E-state index contributed by atoms with van der Waals surface area (Å²) < 4.78 is 0. The van der Waals surface area contributed by atoms with Crippen LogP contribution in [-0.4, -0.2) is 0 Å². The third-order valence-electron chi connectivity index (χ3n) is 4.99. The lowest BCUT2D eigenvalue weighted by Gasteiger charge is -2.18. The fourth-order valence-electron chi connectivity index (χ4n) is 3.69. The highest BCUT2D eigenvalue weighted by atomic mass is 14.2. The smallest absolute Gasteiger partial charge is 0.00732 e. The van der Waals surface area contributed by atoms with Crippen LogP contribution in [0.15, 0.2) is 97.1 Å². The highest BCUT2D eigenvalue weighted by Gasteiger charge is 2.14. The van der Waals surface area contributed by atoms with Crippen molar-refractivity contribution in [2.75, 3.05) is 0 Å². The average molecular weight is 334 g/mol. The Morgan fingerprint density at radius 1 is 0.385 bits per heavy atom. The third kappa shape index (κ3) is 2.95. The molecule has 4 aromatic carbocycles. The quantitative estimate of drug-likeness (QED) is 0.368. The van der Waals surface area contributed by atoms with Gasteiger partial charge in [-0.3, -0.25) is 0 Å². The summed E-state index contributed by atoms with van der Waals surface area (Å²) in [6.45, 7) is 4.39. The zero-order valence-corrected chi connectivity index (χ0v) is 15.2. The first-order chi connectivity index (χ1) is 12.8. The average Bonchev–Trinajstić information content (AvgIpc) is 2.69. The van der Waals surface area contributed by atoms with Crippen LogP contribution in [0.4, 0.5) is 0 Å². The molecule has 0 unspecified atom stereocenters. The van der Waals surface area contributed by atoms with Crippen molar-refractivity contribution in [2.24, 2.45) is 0 Å². The minimum atomic E-state index is 1.25. The minimum Gasteiger partial charge on any atom is -0.0622 e. The van der Waals surface area contributed by atoms with E-state index in [2.05, 4.69) is 111 Å². The third-order valence-corrected chi connectivity index (χ3v) is 4.99. The van der Waals surface area contributed by atoms with E-state index in [0.717, 1.165) is 0 Å². The number of benzene rings is 4. The standard InChI is InChI=1S/C26H22/c1-19-11-6-7-15-22(19)26-20(2)12-10-18-25(26)24-17-9-8-16-23(24)21-13-4-3-5-14-21/h3-18H,1-2H3. The van der Waals surface area contributed by atoms with Crippen molar-refractivity contribution in [3.05, 3.63) is 108 Å². The summed E-state index contributed by atoms with van der Waals surface area (Å²) in [6.07, 6.45) is 0. The van der Waals surface area contributed by atoms with E-state index in [1.807, 2.05) is 0 Å². The van der Waals surface area contributed by atoms with Gasteiger partial charge in [-0.1, -0.05) is 97.1 Å². The van der Waals surface area contributed by atoms with Gasteiger partial charge in [-0.05, 0) is 58.4 Å². The Balaban J connectivity index is 2.00. The Hall–Kier alpha value is -3.12. The van der Waals surface area contributed by atoms with Crippen LogP contribution >= 0.6 is 0 Å². The fourth-order valence-corrected chi connectivity index (χ4v) is 3.69. The van der Waals surface area contributed by atoms with Gasteiger partial charge in [0.15, 0.2) is 0 Å². The summed E-state index contributed by atoms with van der Waals surface area (Å²) in [4.78, 5) is 0. The molecule has 0 saturated carbocycles. The molecule has 0 nitrogen and oxygen atoms in total.